The lowest BCUT2D eigenvalue weighted by Gasteiger charge is -2.46. The smallest absolute Gasteiger partial charge is 0.290 e. The molecule has 15 heteroatoms. The fraction of sp³-hybridized carbons (Fsp3) is 0.400. The number of Topliss-reactive ketones (excluding diaryl/α,β-unsaturated/α-hetero) is 1. The monoisotopic (exact) mass is 662 g/mol. The number of carbonyl (C=O) groups is 1. The summed E-state index contributed by atoms with van der Waals surface area (Å²) in [6.07, 6.45) is 1.77. The van der Waals surface area contributed by atoms with Crippen molar-refractivity contribution < 1.29 is 30.8 Å². The molecule has 1 saturated carbocycles. The van der Waals surface area contributed by atoms with Gasteiger partial charge in [-0.25, -0.2) is 22.5 Å². The van der Waals surface area contributed by atoms with Crippen molar-refractivity contribution >= 4 is 33.2 Å². The molecular weight excluding hydrogens is 632 g/mol. The van der Waals surface area contributed by atoms with Crippen LogP contribution in [0.3, 0.4) is 0 Å². The van der Waals surface area contributed by atoms with Gasteiger partial charge in [-0.1, -0.05) is 19.4 Å². The number of nitrogens with zero attached hydrogens (tertiary/aromatic N) is 6. The first-order valence-corrected chi connectivity index (χ1v) is 16.6. The Balaban J connectivity index is 1.45. The number of alkyl halides is 3. The van der Waals surface area contributed by atoms with E-state index in [4.69, 9.17) is 0 Å². The van der Waals surface area contributed by atoms with Crippen LogP contribution in [-0.2, 0) is 29.7 Å². The average Bonchev–Trinajstić information content (AvgIpc) is 3.74. The van der Waals surface area contributed by atoms with E-state index in [2.05, 4.69) is 15.2 Å². The van der Waals surface area contributed by atoms with E-state index in [1.54, 1.807) is 30.1 Å². The van der Waals surface area contributed by atoms with Crippen molar-refractivity contribution in [3.63, 3.8) is 0 Å². The molecule has 3 aromatic heterocycles. The maximum atomic E-state index is 14.4. The lowest BCUT2D eigenvalue weighted by atomic mass is 9.61. The van der Waals surface area contributed by atoms with Gasteiger partial charge in [0.1, 0.15) is 10.7 Å². The van der Waals surface area contributed by atoms with Gasteiger partial charge in [-0.15, -0.1) is 11.3 Å². The molecule has 0 N–H and O–H groups in total. The van der Waals surface area contributed by atoms with E-state index < -0.39 is 44.1 Å². The maximum Gasteiger partial charge on any atom is 0.427 e. The molecule has 2 aliphatic rings. The summed E-state index contributed by atoms with van der Waals surface area (Å²) in [6.45, 7) is 3.94. The molecule has 2 atom stereocenters. The Hall–Kier alpha value is -3.69. The molecule has 6 rings (SSSR count). The zero-order chi connectivity index (χ0) is 32.3. The Morgan fingerprint density at radius 2 is 1.91 bits per heavy atom. The third-order valence-electron chi connectivity index (χ3n) is 8.33. The van der Waals surface area contributed by atoms with Crippen molar-refractivity contribution in [3.8, 4) is 5.69 Å². The number of ketones is 1. The fourth-order valence-electron chi connectivity index (χ4n) is 6.29. The highest BCUT2D eigenvalue weighted by Gasteiger charge is 2.52. The average molecular weight is 663 g/mol. The minimum atomic E-state index is -4.66. The number of rotatable bonds is 8. The molecule has 45 heavy (non-hydrogen) atoms. The standard InChI is InChI=1S/C30H30F4N6O3S2/c1-18(2)17-39(45(42,43)26-10-11-38(3)37-26)23-7-4-20-12-24-19(15-36-40(24)22-8-5-21(31)6-9-22)13-29(20,14-23)27(41)28-35-16-25(44-28)30(32,33)34/h5-6,8-12,15-16,18,23H,4,7,13-14,17H2,1-3H3/t23-,29-/m0/s1. The zero-order valence-corrected chi connectivity index (χ0v) is 26.3. The van der Waals surface area contributed by atoms with Crippen LogP contribution >= 0.6 is 11.3 Å². The number of thiazole rings is 1. The van der Waals surface area contributed by atoms with E-state index >= 15 is 0 Å². The van der Waals surface area contributed by atoms with E-state index in [1.807, 2.05) is 19.9 Å². The second-order valence-electron chi connectivity index (χ2n) is 11.9. The van der Waals surface area contributed by atoms with Gasteiger partial charge in [0.25, 0.3) is 10.0 Å². The number of carbonyl (C=O) groups excluding carboxylic acids is 1. The van der Waals surface area contributed by atoms with Crippen LogP contribution in [-0.4, -0.2) is 55.6 Å². The maximum absolute atomic E-state index is 14.4. The number of hydrogen-bond acceptors (Lipinski definition) is 7. The van der Waals surface area contributed by atoms with Crippen LogP contribution in [0.15, 0.2) is 59.5 Å². The van der Waals surface area contributed by atoms with E-state index in [-0.39, 0.29) is 46.7 Å². The molecule has 0 radical (unpaired) electrons. The summed E-state index contributed by atoms with van der Waals surface area (Å²) in [6, 6.07) is 6.55. The van der Waals surface area contributed by atoms with Gasteiger partial charge in [0.2, 0.25) is 5.78 Å². The molecule has 0 bridgehead atoms. The molecule has 1 fully saturated rings. The van der Waals surface area contributed by atoms with Crippen molar-refractivity contribution in [3.05, 3.63) is 81.5 Å². The number of allylic oxidation sites excluding steroid dienone is 1. The van der Waals surface area contributed by atoms with Crippen LogP contribution in [0.1, 0.15) is 59.0 Å². The van der Waals surface area contributed by atoms with Crippen molar-refractivity contribution in [2.24, 2.45) is 18.4 Å². The number of halogens is 4. The second kappa shape index (κ2) is 11.3. The van der Waals surface area contributed by atoms with Crippen molar-refractivity contribution in [1.82, 2.24) is 28.9 Å². The van der Waals surface area contributed by atoms with Gasteiger partial charge in [0, 0.05) is 25.8 Å². The van der Waals surface area contributed by atoms with Crippen LogP contribution in [0.25, 0.3) is 11.8 Å². The van der Waals surface area contributed by atoms with Crippen molar-refractivity contribution in [2.75, 3.05) is 6.54 Å². The van der Waals surface area contributed by atoms with Gasteiger partial charge in [0.05, 0.1) is 29.2 Å². The summed E-state index contributed by atoms with van der Waals surface area (Å²) < 4.78 is 86.6. The highest BCUT2D eigenvalue weighted by molar-refractivity contribution is 7.89. The van der Waals surface area contributed by atoms with Crippen LogP contribution in [0.5, 0.6) is 0 Å². The fourth-order valence-corrected chi connectivity index (χ4v) is 8.88. The summed E-state index contributed by atoms with van der Waals surface area (Å²) in [7, 11) is -2.46. The molecule has 0 spiro atoms. The van der Waals surface area contributed by atoms with Crippen LogP contribution in [0, 0.1) is 17.2 Å². The van der Waals surface area contributed by atoms with Gasteiger partial charge in [-0.05, 0) is 73.6 Å². The Morgan fingerprint density at radius 1 is 1.18 bits per heavy atom. The lowest BCUT2D eigenvalue weighted by molar-refractivity contribution is -0.134. The molecule has 3 heterocycles. The topological polar surface area (TPSA) is 103 Å². The molecule has 1 aromatic carbocycles. The van der Waals surface area contributed by atoms with Crippen LogP contribution < -0.4 is 0 Å². The predicted octanol–water partition coefficient (Wildman–Crippen LogP) is 5.93. The molecule has 238 valence electrons. The normalized spacial score (nSPS) is 20.3. The quantitative estimate of drug-likeness (QED) is 0.171. The molecule has 0 saturated heterocycles. The van der Waals surface area contributed by atoms with Crippen LogP contribution in [0.4, 0.5) is 17.6 Å². The summed E-state index contributed by atoms with van der Waals surface area (Å²) in [5.41, 5.74) is 1.24. The number of sulfonamides is 1. The SMILES string of the molecule is CC(C)CN([C@H]1CCC2=Cc3c(cnn3-c3ccc(F)cc3)C[C@]2(C(=O)c2ncc(C(F)(F)F)s2)C1)S(=O)(=O)c1ccn(C)n1. The highest BCUT2D eigenvalue weighted by atomic mass is 32.2. The summed E-state index contributed by atoms with van der Waals surface area (Å²) >= 11 is 0.288. The predicted molar refractivity (Wildman–Crippen MR) is 159 cm³/mol. The van der Waals surface area contributed by atoms with Crippen LogP contribution in [0.2, 0.25) is 0 Å². The Bertz CT molecular complexity index is 1890. The first-order chi connectivity index (χ1) is 21.2. The second-order valence-corrected chi connectivity index (χ2v) is 14.8. The molecule has 9 nitrogen and oxygen atoms in total. The Kier molecular flexibility index (Phi) is 7.85. The zero-order valence-electron chi connectivity index (χ0n) is 24.6. The summed E-state index contributed by atoms with van der Waals surface area (Å²) in [5, 5.41) is 8.23. The Morgan fingerprint density at radius 3 is 2.53 bits per heavy atom. The van der Waals surface area contributed by atoms with E-state index in [0.29, 0.717) is 41.6 Å². The molecule has 0 unspecified atom stereocenters. The molecular formula is C30H30F4N6O3S2. The highest BCUT2D eigenvalue weighted by Crippen LogP contribution is 2.52. The third kappa shape index (κ3) is 5.65. The number of hydrogen-bond donors (Lipinski definition) is 0. The molecule has 0 aliphatic heterocycles. The van der Waals surface area contributed by atoms with Gasteiger partial charge < -0.3 is 0 Å². The lowest BCUT2D eigenvalue weighted by Crippen LogP contribution is -2.51. The minimum Gasteiger partial charge on any atom is -0.290 e. The van der Waals surface area contributed by atoms with E-state index in [9.17, 15) is 30.8 Å². The van der Waals surface area contributed by atoms with Gasteiger partial charge in [0.15, 0.2) is 10.0 Å². The van der Waals surface area contributed by atoms with Gasteiger partial charge in [-0.3, -0.25) is 9.48 Å². The largest absolute Gasteiger partial charge is 0.427 e. The third-order valence-corrected chi connectivity index (χ3v) is 11.2. The van der Waals surface area contributed by atoms with E-state index in [0.717, 1.165) is 0 Å². The van der Waals surface area contributed by atoms with E-state index in [1.165, 1.54) is 33.4 Å². The van der Waals surface area contributed by atoms with Crippen molar-refractivity contribution in [1.29, 1.82) is 0 Å². The number of aryl methyl sites for hydroxylation is 1. The number of fused-ring (bicyclic) bond motifs is 2. The summed E-state index contributed by atoms with van der Waals surface area (Å²) in [5.74, 6) is -1.06. The number of benzene rings is 1. The number of aromatic nitrogens is 5. The summed E-state index contributed by atoms with van der Waals surface area (Å²) in [4.78, 5) is 17.3. The molecule has 4 aromatic rings. The first-order valence-electron chi connectivity index (χ1n) is 14.3. The molecule has 2 aliphatic carbocycles. The Labute approximate surface area is 261 Å². The minimum absolute atomic E-state index is 0.0402. The first kappa shape index (κ1) is 31.3. The van der Waals surface area contributed by atoms with Gasteiger partial charge in [-0.2, -0.15) is 27.7 Å². The van der Waals surface area contributed by atoms with Gasteiger partial charge >= 0.3 is 6.18 Å². The molecule has 0 amide bonds. The van der Waals surface area contributed by atoms with Crippen molar-refractivity contribution in [2.45, 2.75) is 56.8 Å².